The van der Waals surface area contributed by atoms with Crippen molar-refractivity contribution >= 4 is 29.2 Å². The molecule has 0 bridgehead atoms. The minimum atomic E-state index is -0.825. The largest absolute Gasteiger partial charge is 0.481 e. The molecule has 0 amide bonds. The van der Waals surface area contributed by atoms with Gasteiger partial charge in [0.2, 0.25) is 0 Å². The Kier molecular flexibility index (Phi) is 5.27. The smallest absolute Gasteiger partial charge is 0.307 e. The average Bonchev–Trinajstić information content (AvgIpc) is 2.44. The van der Waals surface area contributed by atoms with Gasteiger partial charge in [-0.3, -0.25) is 4.79 Å². The van der Waals surface area contributed by atoms with Crippen molar-refractivity contribution in [2.45, 2.75) is 19.8 Å². The maximum Gasteiger partial charge on any atom is 0.307 e. The number of hydrogen-bond donors (Lipinski definition) is 1. The molecule has 1 N–H and O–H groups in total. The summed E-state index contributed by atoms with van der Waals surface area (Å²) in [6.07, 6.45) is 0.841. The van der Waals surface area contributed by atoms with Crippen molar-refractivity contribution in [2.24, 2.45) is 5.92 Å². The van der Waals surface area contributed by atoms with E-state index < -0.39 is 11.9 Å². The van der Waals surface area contributed by atoms with Gasteiger partial charge < -0.3 is 5.11 Å². The maximum atomic E-state index is 11.5. The Balaban J connectivity index is 2.22. The first kappa shape index (κ1) is 15.9. The number of halogens is 2. The molecule has 0 heterocycles. The number of rotatable bonds is 5. The first-order valence-electron chi connectivity index (χ1n) is 6.68. The third-order valence-electron chi connectivity index (χ3n) is 3.55. The van der Waals surface area contributed by atoms with Crippen molar-refractivity contribution in [3.05, 3.63) is 69.2 Å². The molecule has 0 aliphatic carbocycles. The molecular weight excluding hydrogens is 307 g/mol. The summed E-state index contributed by atoms with van der Waals surface area (Å²) in [5.74, 6) is -1.35. The highest BCUT2D eigenvalue weighted by Crippen LogP contribution is 2.25. The lowest BCUT2D eigenvalue weighted by Crippen LogP contribution is -2.19. The molecule has 0 aromatic heterocycles. The number of carbonyl (C=O) groups is 1. The summed E-state index contributed by atoms with van der Waals surface area (Å²) >= 11 is 12.1. The number of aliphatic carboxylic acids is 1. The Labute approximate surface area is 134 Å². The van der Waals surface area contributed by atoms with Crippen LogP contribution in [0.25, 0.3) is 0 Å². The number of carboxylic acids is 1. The molecule has 0 spiro atoms. The van der Waals surface area contributed by atoms with Crippen LogP contribution >= 0.6 is 23.2 Å². The number of carboxylic acid groups (broad SMARTS) is 1. The summed E-state index contributed by atoms with van der Waals surface area (Å²) in [5, 5.41) is 10.6. The van der Waals surface area contributed by atoms with Crippen LogP contribution in [0.5, 0.6) is 0 Å². The van der Waals surface area contributed by atoms with E-state index in [1.54, 1.807) is 18.2 Å². The first-order valence-corrected chi connectivity index (χ1v) is 7.44. The van der Waals surface area contributed by atoms with Gasteiger partial charge in [-0.2, -0.15) is 0 Å². The molecule has 2 rings (SSSR count). The molecular formula is C17H16Cl2O2. The summed E-state index contributed by atoms with van der Waals surface area (Å²) in [7, 11) is 0. The van der Waals surface area contributed by atoms with Crippen molar-refractivity contribution in [3.8, 4) is 0 Å². The lowest BCUT2D eigenvalue weighted by Gasteiger charge is -2.15. The highest BCUT2D eigenvalue weighted by Gasteiger charge is 2.20. The number of hydrogen-bond acceptors (Lipinski definition) is 1. The van der Waals surface area contributed by atoms with Gasteiger partial charge >= 0.3 is 5.97 Å². The Bertz CT molecular complexity index is 653. The van der Waals surface area contributed by atoms with Gasteiger partial charge in [0.25, 0.3) is 0 Å². The molecule has 21 heavy (non-hydrogen) atoms. The van der Waals surface area contributed by atoms with Crippen molar-refractivity contribution in [1.82, 2.24) is 0 Å². The molecule has 0 aliphatic heterocycles. The molecule has 4 heteroatoms. The Morgan fingerprint density at radius 1 is 1.10 bits per heavy atom. The van der Waals surface area contributed by atoms with E-state index in [9.17, 15) is 9.90 Å². The second-order valence-corrected chi connectivity index (χ2v) is 5.95. The second-order valence-electron chi connectivity index (χ2n) is 5.11. The zero-order valence-electron chi connectivity index (χ0n) is 11.6. The highest BCUT2D eigenvalue weighted by atomic mass is 35.5. The molecule has 2 aromatic carbocycles. The summed E-state index contributed by atoms with van der Waals surface area (Å²) in [5.41, 5.74) is 2.91. The third-order valence-corrected chi connectivity index (χ3v) is 4.15. The highest BCUT2D eigenvalue weighted by molar-refractivity contribution is 6.33. The van der Waals surface area contributed by atoms with E-state index in [1.807, 2.05) is 31.2 Å². The van der Waals surface area contributed by atoms with Crippen molar-refractivity contribution < 1.29 is 9.90 Å². The molecule has 0 saturated carbocycles. The van der Waals surface area contributed by atoms with Crippen molar-refractivity contribution in [1.29, 1.82) is 0 Å². The van der Waals surface area contributed by atoms with Crippen LogP contribution in [-0.4, -0.2) is 11.1 Å². The molecule has 0 saturated heterocycles. The molecule has 1 unspecified atom stereocenters. The Hall–Kier alpha value is -1.51. The fourth-order valence-electron chi connectivity index (χ4n) is 2.32. The fraction of sp³-hybridized carbons (Fsp3) is 0.235. The minimum Gasteiger partial charge on any atom is -0.481 e. The molecule has 0 radical (unpaired) electrons. The normalized spacial score (nSPS) is 12.1. The number of aryl methyl sites for hydroxylation is 1. The van der Waals surface area contributed by atoms with Crippen LogP contribution in [0.4, 0.5) is 0 Å². The van der Waals surface area contributed by atoms with Crippen LogP contribution in [0.2, 0.25) is 10.0 Å². The van der Waals surface area contributed by atoms with Crippen LogP contribution in [0, 0.1) is 12.8 Å². The van der Waals surface area contributed by atoms with E-state index >= 15 is 0 Å². The maximum absolute atomic E-state index is 11.5. The van der Waals surface area contributed by atoms with Gasteiger partial charge in [-0.05, 0) is 54.7 Å². The van der Waals surface area contributed by atoms with Crippen LogP contribution in [0.1, 0.15) is 16.7 Å². The van der Waals surface area contributed by atoms with Crippen molar-refractivity contribution in [3.63, 3.8) is 0 Å². The molecule has 1 atom stereocenters. The summed E-state index contributed by atoms with van der Waals surface area (Å²) in [4.78, 5) is 11.5. The van der Waals surface area contributed by atoms with Crippen molar-refractivity contribution in [2.75, 3.05) is 0 Å². The summed E-state index contributed by atoms with van der Waals surface area (Å²) in [6, 6.07) is 13.0. The van der Waals surface area contributed by atoms with Gasteiger partial charge in [0.1, 0.15) is 0 Å². The van der Waals surface area contributed by atoms with Gasteiger partial charge in [-0.1, -0.05) is 47.5 Å². The Morgan fingerprint density at radius 3 is 2.43 bits per heavy atom. The van der Waals surface area contributed by atoms with Crippen LogP contribution < -0.4 is 0 Å². The summed E-state index contributed by atoms with van der Waals surface area (Å²) < 4.78 is 0. The van der Waals surface area contributed by atoms with E-state index in [0.29, 0.717) is 22.9 Å². The summed E-state index contributed by atoms with van der Waals surface area (Å²) in [6.45, 7) is 1.99. The van der Waals surface area contributed by atoms with E-state index in [2.05, 4.69) is 0 Å². The minimum absolute atomic E-state index is 0.364. The van der Waals surface area contributed by atoms with E-state index in [1.165, 1.54) is 0 Å². The lowest BCUT2D eigenvalue weighted by molar-refractivity contribution is -0.141. The van der Waals surface area contributed by atoms with E-state index in [4.69, 9.17) is 23.2 Å². The van der Waals surface area contributed by atoms with Gasteiger partial charge in [0.05, 0.1) is 5.92 Å². The fourth-order valence-corrected chi connectivity index (χ4v) is 2.71. The van der Waals surface area contributed by atoms with Gasteiger partial charge in [-0.15, -0.1) is 0 Å². The molecule has 0 fully saturated rings. The van der Waals surface area contributed by atoms with Crippen LogP contribution in [0.3, 0.4) is 0 Å². The number of benzene rings is 2. The second kappa shape index (κ2) is 6.97. The molecule has 0 aliphatic rings. The average molecular weight is 323 g/mol. The first-order chi connectivity index (χ1) is 9.97. The SMILES string of the molecule is Cc1ccccc1CC(Cc1cc(Cl)ccc1Cl)C(=O)O. The quantitative estimate of drug-likeness (QED) is 0.859. The van der Waals surface area contributed by atoms with Gasteiger partial charge in [0, 0.05) is 10.0 Å². The van der Waals surface area contributed by atoms with E-state index in [-0.39, 0.29) is 0 Å². The predicted octanol–water partition coefficient (Wildman–Crippen LogP) is 4.79. The molecule has 110 valence electrons. The molecule has 2 aromatic rings. The van der Waals surface area contributed by atoms with Crippen LogP contribution in [0.15, 0.2) is 42.5 Å². The standard InChI is InChI=1S/C17H16Cl2O2/c1-11-4-2-3-5-12(11)8-14(17(20)21)9-13-10-15(18)6-7-16(13)19/h2-7,10,14H,8-9H2,1H3,(H,20,21). The Morgan fingerprint density at radius 2 is 1.76 bits per heavy atom. The topological polar surface area (TPSA) is 37.3 Å². The van der Waals surface area contributed by atoms with Gasteiger partial charge in [0.15, 0.2) is 0 Å². The molecule has 2 nitrogen and oxygen atoms in total. The zero-order chi connectivity index (χ0) is 15.4. The monoisotopic (exact) mass is 322 g/mol. The van der Waals surface area contributed by atoms with E-state index in [0.717, 1.165) is 16.7 Å². The zero-order valence-corrected chi connectivity index (χ0v) is 13.2. The van der Waals surface area contributed by atoms with Crippen LogP contribution in [-0.2, 0) is 17.6 Å². The third kappa shape index (κ3) is 4.23. The lowest BCUT2D eigenvalue weighted by atomic mass is 9.91. The van der Waals surface area contributed by atoms with Gasteiger partial charge in [-0.25, -0.2) is 0 Å². The predicted molar refractivity (Wildman–Crippen MR) is 86.2 cm³/mol.